The second kappa shape index (κ2) is 28.9. The van der Waals surface area contributed by atoms with Crippen LogP contribution in [0.4, 0.5) is 0 Å². The van der Waals surface area contributed by atoms with E-state index in [0.29, 0.717) is 6.17 Å². The molecule has 1 aliphatic heterocycles. The number of hydrogen-bond donors (Lipinski definition) is 0. The molecule has 1 unspecified atom stereocenters. The third kappa shape index (κ3) is 21.7. The summed E-state index contributed by atoms with van der Waals surface area (Å²) in [6.07, 6.45) is 47.0. The molecule has 39 heavy (non-hydrogen) atoms. The van der Waals surface area contributed by atoms with Gasteiger partial charge in [0.1, 0.15) is 6.17 Å². The molecule has 0 aromatic rings. The molecule has 0 spiro atoms. The van der Waals surface area contributed by atoms with Gasteiger partial charge in [-0.3, -0.25) is 0 Å². The predicted octanol–water partition coefficient (Wildman–Crippen LogP) is 12.8. The Morgan fingerprint density at radius 3 is 0.897 bits per heavy atom. The summed E-state index contributed by atoms with van der Waals surface area (Å²) in [5.74, 6) is 0. The molecule has 0 aliphatic carbocycles. The third-order valence-electron chi connectivity index (χ3n) is 9.07. The summed E-state index contributed by atoms with van der Waals surface area (Å²) in [5.41, 5.74) is 0. The van der Waals surface area contributed by atoms with Gasteiger partial charge in [-0.25, -0.2) is 0 Å². The van der Waals surface area contributed by atoms with Crippen LogP contribution in [0.25, 0.3) is 0 Å². The second-order valence-electron chi connectivity index (χ2n) is 12.9. The third-order valence-corrected chi connectivity index (χ3v) is 9.07. The molecule has 2 heteroatoms. The van der Waals surface area contributed by atoms with Crippen molar-refractivity contribution in [1.29, 1.82) is 0 Å². The molecule has 0 fully saturated rings. The largest absolute Gasteiger partial charge is 0.356 e. The summed E-state index contributed by atoms with van der Waals surface area (Å²) < 4.78 is 0. The Balaban J connectivity index is 2.06. The molecule has 0 amide bonds. The molecule has 1 rings (SSSR count). The number of hydrogen-bond acceptors (Lipinski definition) is 2. The van der Waals surface area contributed by atoms with Crippen LogP contribution in [0.5, 0.6) is 0 Å². The quantitative estimate of drug-likeness (QED) is 0.0798. The van der Waals surface area contributed by atoms with E-state index in [9.17, 15) is 0 Å². The summed E-state index contributed by atoms with van der Waals surface area (Å²) in [4.78, 5) is 5.38. The maximum atomic E-state index is 2.70. The first kappa shape index (κ1) is 36.4. The topological polar surface area (TPSA) is 6.48 Å². The van der Waals surface area contributed by atoms with Crippen LogP contribution in [0.1, 0.15) is 207 Å². The van der Waals surface area contributed by atoms with Crippen LogP contribution < -0.4 is 0 Å². The van der Waals surface area contributed by atoms with E-state index in [1.807, 2.05) is 0 Å². The maximum Gasteiger partial charge on any atom is 0.101 e. The SMILES string of the molecule is CCCCCCCCCCCCCCCCCCCN1C=CN(CCCCCCCC)C1CCCCCCC. The Hall–Kier alpha value is -0.660. The van der Waals surface area contributed by atoms with Crippen molar-refractivity contribution in [2.24, 2.45) is 0 Å². The lowest BCUT2D eigenvalue weighted by Gasteiger charge is -2.33. The van der Waals surface area contributed by atoms with E-state index in [1.165, 1.54) is 199 Å². The van der Waals surface area contributed by atoms with E-state index < -0.39 is 0 Å². The van der Waals surface area contributed by atoms with Gasteiger partial charge in [0, 0.05) is 25.5 Å². The van der Waals surface area contributed by atoms with Gasteiger partial charge < -0.3 is 9.80 Å². The molecule has 1 aliphatic rings. The standard InChI is InChI=1S/C37H74N2/c1-4-7-10-13-15-16-17-18-19-20-21-22-23-24-25-28-31-34-39-36-35-38(33-30-27-14-11-8-5-2)37(39)32-29-26-12-9-6-3/h35-37H,4-34H2,1-3H3. The average molecular weight is 547 g/mol. The molecule has 0 bridgehead atoms. The van der Waals surface area contributed by atoms with Crippen molar-refractivity contribution in [3.63, 3.8) is 0 Å². The van der Waals surface area contributed by atoms with Crippen LogP contribution in [-0.4, -0.2) is 29.1 Å². The molecular weight excluding hydrogens is 472 g/mol. The Morgan fingerprint density at radius 1 is 0.333 bits per heavy atom. The molecule has 0 N–H and O–H groups in total. The monoisotopic (exact) mass is 547 g/mol. The van der Waals surface area contributed by atoms with Crippen molar-refractivity contribution in [3.05, 3.63) is 12.4 Å². The summed E-state index contributed by atoms with van der Waals surface area (Å²) in [6, 6.07) is 0. The van der Waals surface area contributed by atoms with Crippen molar-refractivity contribution in [2.75, 3.05) is 13.1 Å². The molecule has 1 heterocycles. The van der Waals surface area contributed by atoms with Crippen molar-refractivity contribution in [2.45, 2.75) is 213 Å². The zero-order valence-corrected chi connectivity index (χ0v) is 27.5. The van der Waals surface area contributed by atoms with Crippen LogP contribution in [0, 0.1) is 0 Å². The van der Waals surface area contributed by atoms with E-state index >= 15 is 0 Å². The highest BCUT2D eigenvalue weighted by atomic mass is 15.4. The average Bonchev–Trinajstić information content (AvgIpc) is 3.33. The molecule has 1 atom stereocenters. The van der Waals surface area contributed by atoms with Crippen molar-refractivity contribution in [3.8, 4) is 0 Å². The highest BCUT2D eigenvalue weighted by Crippen LogP contribution is 2.24. The van der Waals surface area contributed by atoms with Gasteiger partial charge in [-0.1, -0.05) is 181 Å². The maximum absolute atomic E-state index is 2.70. The smallest absolute Gasteiger partial charge is 0.101 e. The molecule has 0 aromatic carbocycles. The Bertz CT molecular complexity index is 502. The van der Waals surface area contributed by atoms with Gasteiger partial charge in [-0.2, -0.15) is 0 Å². The van der Waals surface area contributed by atoms with Gasteiger partial charge in [0.2, 0.25) is 0 Å². The highest BCUT2D eigenvalue weighted by Gasteiger charge is 2.24. The number of nitrogens with zero attached hydrogens (tertiary/aromatic N) is 2. The predicted molar refractivity (Wildman–Crippen MR) is 177 cm³/mol. The van der Waals surface area contributed by atoms with Crippen molar-refractivity contribution >= 4 is 0 Å². The molecule has 0 radical (unpaired) electrons. The Kier molecular flexibility index (Phi) is 26.9. The first-order valence-electron chi connectivity index (χ1n) is 18.5. The Morgan fingerprint density at radius 2 is 0.590 bits per heavy atom. The fourth-order valence-electron chi connectivity index (χ4n) is 6.36. The van der Waals surface area contributed by atoms with Crippen LogP contribution in [-0.2, 0) is 0 Å². The number of rotatable bonds is 31. The molecule has 2 nitrogen and oxygen atoms in total. The summed E-state index contributed by atoms with van der Waals surface area (Å²) in [5, 5.41) is 0. The fraction of sp³-hybridized carbons (Fsp3) is 0.946. The number of unbranched alkanes of at least 4 members (excludes halogenated alkanes) is 25. The highest BCUT2D eigenvalue weighted by molar-refractivity contribution is 4.97. The minimum absolute atomic E-state index is 0.642. The van der Waals surface area contributed by atoms with E-state index in [2.05, 4.69) is 43.0 Å². The molecule has 0 saturated carbocycles. The van der Waals surface area contributed by atoms with Gasteiger partial charge >= 0.3 is 0 Å². The second-order valence-corrected chi connectivity index (χ2v) is 12.9. The van der Waals surface area contributed by atoms with Gasteiger partial charge in [0.15, 0.2) is 0 Å². The summed E-state index contributed by atoms with van der Waals surface area (Å²) in [6.45, 7) is 9.47. The lowest BCUT2D eigenvalue weighted by Crippen LogP contribution is -2.39. The summed E-state index contributed by atoms with van der Waals surface area (Å²) >= 11 is 0. The minimum Gasteiger partial charge on any atom is -0.356 e. The van der Waals surface area contributed by atoms with Crippen LogP contribution in [0.15, 0.2) is 12.4 Å². The zero-order valence-electron chi connectivity index (χ0n) is 27.5. The molecule has 0 aromatic heterocycles. The van der Waals surface area contributed by atoms with Gasteiger partial charge in [0.25, 0.3) is 0 Å². The minimum atomic E-state index is 0.642. The van der Waals surface area contributed by atoms with Crippen LogP contribution in [0.3, 0.4) is 0 Å². The van der Waals surface area contributed by atoms with Gasteiger partial charge in [-0.15, -0.1) is 0 Å². The van der Waals surface area contributed by atoms with Crippen LogP contribution in [0.2, 0.25) is 0 Å². The first-order chi connectivity index (χ1) is 19.3. The van der Waals surface area contributed by atoms with Crippen molar-refractivity contribution < 1.29 is 0 Å². The van der Waals surface area contributed by atoms with Crippen LogP contribution >= 0.6 is 0 Å². The van der Waals surface area contributed by atoms with E-state index in [4.69, 9.17) is 0 Å². The van der Waals surface area contributed by atoms with E-state index in [-0.39, 0.29) is 0 Å². The van der Waals surface area contributed by atoms with E-state index in [1.54, 1.807) is 0 Å². The van der Waals surface area contributed by atoms with Gasteiger partial charge in [-0.05, 0) is 25.7 Å². The van der Waals surface area contributed by atoms with Crippen molar-refractivity contribution in [1.82, 2.24) is 9.80 Å². The molecular formula is C37H74N2. The fourth-order valence-corrected chi connectivity index (χ4v) is 6.36. The Labute approximate surface area is 248 Å². The molecule has 0 saturated heterocycles. The van der Waals surface area contributed by atoms with E-state index in [0.717, 1.165) is 0 Å². The lowest BCUT2D eigenvalue weighted by molar-refractivity contribution is 0.135. The van der Waals surface area contributed by atoms with Gasteiger partial charge in [0.05, 0.1) is 0 Å². The first-order valence-corrected chi connectivity index (χ1v) is 18.5. The normalized spacial score (nSPS) is 15.2. The zero-order chi connectivity index (χ0) is 28.1. The summed E-state index contributed by atoms with van der Waals surface area (Å²) in [7, 11) is 0. The molecule has 232 valence electrons. The lowest BCUT2D eigenvalue weighted by atomic mass is 10.0.